The number of rotatable bonds is 3. The van der Waals surface area contributed by atoms with Gasteiger partial charge in [0.1, 0.15) is 23.8 Å². The molecule has 0 bridgehead atoms. The predicted molar refractivity (Wildman–Crippen MR) is 62.7 cm³/mol. The van der Waals surface area contributed by atoms with Crippen LogP contribution < -0.4 is 0 Å². The first-order valence-electron chi connectivity index (χ1n) is 5.45. The Hall–Kier alpha value is -1.78. The molecule has 0 aromatic heterocycles. The van der Waals surface area contributed by atoms with Gasteiger partial charge in [0.25, 0.3) is 0 Å². The zero-order chi connectivity index (χ0) is 13.1. The molecule has 0 unspecified atom stereocenters. The summed E-state index contributed by atoms with van der Waals surface area (Å²) in [6.07, 6.45) is -2.61. The maximum atomic E-state index is 13.0. The van der Waals surface area contributed by atoms with Crippen LogP contribution in [0.2, 0.25) is 0 Å². The number of aliphatic hydroxyl groups is 2. The van der Waals surface area contributed by atoms with Crippen LogP contribution in [0.1, 0.15) is 23.3 Å². The quantitative estimate of drug-likeness (QED) is 0.879. The average molecular weight is 250 g/mol. The van der Waals surface area contributed by atoms with E-state index in [1.165, 1.54) is 36.4 Å². The summed E-state index contributed by atoms with van der Waals surface area (Å²) in [6, 6.07) is 10.6. The van der Waals surface area contributed by atoms with Gasteiger partial charge in [0.15, 0.2) is 0 Å². The van der Waals surface area contributed by atoms with Crippen molar-refractivity contribution < 1.29 is 19.0 Å². The molecule has 2 aromatic carbocycles. The lowest BCUT2D eigenvalue weighted by atomic mass is 9.98. The van der Waals surface area contributed by atoms with Gasteiger partial charge in [-0.3, -0.25) is 0 Å². The van der Waals surface area contributed by atoms with Crippen LogP contribution in [0.4, 0.5) is 8.78 Å². The molecule has 0 aliphatic rings. The lowest BCUT2D eigenvalue weighted by Crippen LogP contribution is -2.10. The van der Waals surface area contributed by atoms with E-state index >= 15 is 0 Å². The molecule has 0 aliphatic carbocycles. The molecule has 0 aliphatic heterocycles. The van der Waals surface area contributed by atoms with E-state index in [4.69, 9.17) is 0 Å². The summed E-state index contributed by atoms with van der Waals surface area (Å²) in [5.74, 6) is -1.00. The Kier molecular flexibility index (Phi) is 3.69. The summed E-state index contributed by atoms with van der Waals surface area (Å²) in [4.78, 5) is 0. The Morgan fingerprint density at radius 1 is 0.722 bits per heavy atom. The Morgan fingerprint density at radius 2 is 1.11 bits per heavy atom. The van der Waals surface area contributed by atoms with E-state index in [0.29, 0.717) is 0 Å². The topological polar surface area (TPSA) is 40.5 Å². The predicted octanol–water partition coefficient (Wildman–Crippen LogP) is 2.73. The first-order valence-corrected chi connectivity index (χ1v) is 5.45. The lowest BCUT2D eigenvalue weighted by Gasteiger charge is -2.18. The van der Waals surface area contributed by atoms with Crippen molar-refractivity contribution >= 4 is 0 Å². The molecule has 0 saturated carbocycles. The molecule has 0 amide bonds. The van der Waals surface area contributed by atoms with Crippen LogP contribution in [-0.4, -0.2) is 10.2 Å². The molecule has 0 spiro atoms. The number of halogens is 2. The number of benzene rings is 2. The zero-order valence-corrected chi connectivity index (χ0v) is 9.42. The standard InChI is InChI=1S/C14H12F2O2/c15-11-5-1-3-9(7-11)13(17)14(18)10-4-2-6-12(16)8-10/h1-8,13-14,17-18H/t13-,14+. The van der Waals surface area contributed by atoms with E-state index in [9.17, 15) is 19.0 Å². The maximum absolute atomic E-state index is 13.0. The summed E-state index contributed by atoms with van der Waals surface area (Å²) in [7, 11) is 0. The van der Waals surface area contributed by atoms with Gasteiger partial charge in [-0.2, -0.15) is 0 Å². The van der Waals surface area contributed by atoms with Crippen molar-refractivity contribution in [1.29, 1.82) is 0 Å². The lowest BCUT2D eigenvalue weighted by molar-refractivity contribution is 0.0169. The minimum Gasteiger partial charge on any atom is -0.385 e. The van der Waals surface area contributed by atoms with Crippen molar-refractivity contribution in [2.24, 2.45) is 0 Å². The fourth-order valence-corrected chi connectivity index (χ4v) is 1.75. The number of hydrogen-bond donors (Lipinski definition) is 2. The van der Waals surface area contributed by atoms with Crippen LogP contribution in [-0.2, 0) is 0 Å². The molecule has 2 aromatic rings. The Bertz CT molecular complexity index is 493. The Labute approximate surface area is 103 Å². The molecule has 2 atom stereocenters. The van der Waals surface area contributed by atoms with Gasteiger partial charge in [0.2, 0.25) is 0 Å². The highest BCUT2D eigenvalue weighted by Crippen LogP contribution is 2.29. The average Bonchev–Trinajstić information content (AvgIpc) is 2.37. The molecule has 18 heavy (non-hydrogen) atoms. The molecule has 94 valence electrons. The second-order valence-electron chi connectivity index (χ2n) is 4.00. The van der Waals surface area contributed by atoms with Gasteiger partial charge in [0, 0.05) is 0 Å². The van der Waals surface area contributed by atoms with Gasteiger partial charge < -0.3 is 10.2 Å². The molecular formula is C14H12F2O2. The third-order valence-corrected chi connectivity index (χ3v) is 2.68. The zero-order valence-electron chi connectivity index (χ0n) is 9.42. The normalized spacial score (nSPS) is 14.2. The van der Waals surface area contributed by atoms with Crippen molar-refractivity contribution in [2.45, 2.75) is 12.2 Å². The summed E-state index contributed by atoms with van der Waals surface area (Å²) in [5, 5.41) is 19.8. The van der Waals surface area contributed by atoms with Crippen molar-refractivity contribution in [1.82, 2.24) is 0 Å². The SMILES string of the molecule is O[C@H](c1cccc(F)c1)[C@@H](O)c1cccc(F)c1. The molecule has 2 rings (SSSR count). The van der Waals surface area contributed by atoms with E-state index < -0.39 is 23.8 Å². The molecule has 0 saturated heterocycles. The van der Waals surface area contributed by atoms with E-state index in [2.05, 4.69) is 0 Å². The van der Waals surface area contributed by atoms with Gasteiger partial charge in [0.05, 0.1) is 0 Å². The highest BCUT2D eigenvalue weighted by Gasteiger charge is 2.20. The fraction of sp³-hybridized carbons (Fsp3) is 0.143. The van der Waals surface area contributed by atoms with Crippen LogP contribution in [0.3, 0.4) is 0 Å². The van der Waals surface area contributed by atoms with E-state index in [1.54, 1.807) is 0 Å². The van der Waals surface area contributed by atoms with Crippen molar-refractivity contribution in [3.63, 3.8) is 0 Å². The summed E-state index contributed by atoms with van der Waals surface area (Å²) >= 11 is 0. The molecule has 0 heterocycles. The number of aliphatic hydroxyl groups excluding tert-OH is 2. The van der Waals surface area contributed by atoms with Gasteiger partial charge in [-0.15, -0.1) is 0 Å². The summed E-state index contributed by atoms with van der Waals surface area (Å²) in [5.41, 5.74) is 0.485. The van der Waals surface area contributed by atoms with Gasteiger partial charge >= 0.3 is 0 Å². The third-order valence-electron chi connectivity index (χ3n) is 2.68. The molecule has 2 nitrogen and oxygen atoms in total. The van der Waals surface area contributed by atoms with Crippen molar-refractivity contribution in [3.8, 4) is 0 Å². The minimum absolute atomic E-state index is 0.242. The van der Waals surface area contributed by atoms with E-state index in [1.807, 2.05) is 0 Å². The molecule has 0 fully saturated rings. The molecule has 2 N–H and O–H groups in total. The van der Waals surface area contributed by atoms with Crippen LogP contribution in [0, 0.1) is 11.6 Å². The molecule has 4 heteroatoms. The first kappa shape index (κ1) is 12.7. The van der Waals surface area contributed by atoms with Gasteiger partial charge in [-0.05, 0) is 35.4 Å². The van der Waals surface area contributed by atoms with E-state index in [-0.39, 0.29) is 11.1 Å². The minimum atomic E-state index is -1.30. The van der Waals surface area contributed by atoms with Crippen LogP contribution in [0.15, 0.2) is 48.5 Å². The molecule has 0 radical (unpaired) electrons. The Morgan fingerprint density at radius 3 is 1.44 bits per heavy atom. The van der Waals surface area contributed by atoms with Crippen molar-refractivity contribution in [3.05, 3.63) is 71.3 Å². The van der Waals surface area contributed by atoms with Crippen molar-refractivity contribution in [2.75, 3.05) is 0 Å². The van der Waals surface area contributed by atoms with Crippen LogP contribution >= 0.6 is 0 Å². The fourth-order valence-electron chi connectivity index (χ4n) is 1.75. The van der Waals surface area contributed by atoms with Crippen LogP contribution in [0.5, 0.6) is 0 Å². The Balaban J connectivity index is 2.26. The third kappa shape index (κ3) is 2.72. The second kappa shape index (κ2) is 5.25. The monoisotopic (exact) mass is 250 g/mol. The molecular weight excluding hydrogens is 238 g/mol. The summed E-state index contributed by atoms with van der Waals surface area (Å²) < 4.78 is 26.0. The summed E-state index contributed by atoms with van der Waals surface area (Å²) in [6.45, 7) is 0. The second-order valence-corrected chi connectivity index (χ2v) is 4.00. The smallest absolute Gasteiger partial charge is 0.123 e. The highest BCUT2D eigenvalue weighted by atomic mass is 19.1. The van der Waals surface area contributed by atoms with E-state index in [0.717, 1.165) is 12.1 Å². The first-order chi connectivity index (χ1) is 8.58. The van der Waals surface area contributed by atoms with Crippen LogP contribution in [0.25, 0.3) is 0 Å². The highest BCUT2D eigenvalue weighted by molar-refractivity contribution is 5.25. The van der Waals surface area contributed by atoms with Gasteiger partial charge in [-0.1, -0.05) is 24.3 Å². The maximum Gasteiger partial charge on any atom is 0.123 e. The largest absolute Gasteiger partial charge is 0.385 e. The van der Waals surface area contributed by atoms with Gasteiger partial charge in [-0.25, -0.2) is 8.78 Å². The number of hydrogen-bond acceptors (Lipinski definition) is 2.